The molecule has 0 saturated heterocycles. The van der Waals surface area contributed by atoms with Crippen molar-refractivity contribution in [2.45, 2.75) is 0 Å². The number of nitrogens with two attached hydrogens (primary N) is 1. The van der Waals surface area contributed by atoms with Crippen LogP contribution in [0.25, 0.3) is 10.9 Å². The second-order valence-corrected chi connectivity index (χ2v) is 4.05. The standard InChI is InChI=1S/C9H9BrN4O/c1-14(9(11)15)8-6-3-2-5(10)4-7(6)12-13-8/h2-4H,1H3,(H2,11,15)(H,12,13). The summed E-state index contributed by atoms with van der Waals surface area (Å²) < 4.78 is 0.951. The van der Waals surface area contributed by atoms with Gasteiger partial charge in [0.05, 0.1) is 5.52 Å². The molecule has 15 heavy (non-hydrogen) atoms. The van der Waals surface area contributed by atoms with Gasteiger partial charge < -0.3 is 5.73 Å². The molecule has 3 N–H and O–H groups in total. The van der Waals surface area contributed by atoms with E-state index in [0.29, 0.717) is 5.82 Å². The number of nitrogens with one attached hydrogen (secondary N) is 1. The van der Waals surface area contributed by atoms with Crippen LogP contribution in [0.3, 0.4) is 0 Å². The Kier molecular flexibility index (Phi) is 2.36. The van der Waals surface area contributed by atoms with Crippen LogP contribution in [-0.4, -0.2) is 23.3 Å². The first-order chi connectivity index (χ1) is 7.09. The first kappa shape index (κ1) is 9.97. The van der Waals surface area contributed by atoms with Crippen molar-refractivity contribution >= 4 is 38.7 Å². The molecule has 0 spiro atoms. The first-order valence-electron chi connectivity index (χ1n) is 4.26. The maximum Gasteiger partial charge on any atom is 0.320 e. The molecule has 1 aromatic carbocycles. The Labute approximate surface area is 94.4 Å². The maximum absolute atomic E-state index is 11.0. The number of H-pyrrole nitrogens is 1. The van der Waals surface area contributed by atoms with Gasteiger partial charge in [0.1, 0.15) is 0 Å². The highest BCUT2D eigenvalue weighted by molar-refractivity contribution is 9.10. The van der Waals surface area contributed by atoms with Crippen molar-refractivity contribution < 1.29 is 4.79 Å². The third-order valence-corrected chi connectivity index (χ3v) is 2.65. The minimum Gasteiger partial charge on any atom is -0.351 e. The molecule has 0 saturated carbocycles. The van der Waals surface area contributed by atoms with E-state index in [4.69, 9.17) is 5.73 Å². The number of halogens is 1. The molecule has 0 radical (unpaired) electrons. The summed E-state index contributed by atoms with van der Waals surface area (Å²) in [4.78, 5) is 12.3. The van der Waals surface area contributed by atoms with Crippen LogP contribution in [0.4, 0.5) is 10.6 Å². The number of carbonyl (C=O) groups excluding carboxylic acids is 1. The number of benzene rings is 1. The second kappa shape index (κ2) is 3.54. The molecule has 0 unspecified atom stereocenters. The van der Waals surface area contributed by atoms with Gasteiger partial charge in [0, 0.05) is 16.9 Å². The number of hydrogen-bond donors (Lipinski definition) is 2. The molecule has 0 bridgehead atoms. The molecule has 2 aromatic rings. The summed E-state index contributed by atoms with van der Waals surface area (Å²) >= 11 is 3.35. The molecule has 0 aliphatic heterocycles. The largest absolute Gasteiger partial charge is 0.351 e. The van der Waals surface area contributed by atoms with Gasteiger partial charge in [-0.1, -0.05) is 15.9 Å². The van der Waals surface area contributed by atoms with E-state index >= 15 is 0 Å². The molecule has 2 amide bonds. The lowest BCUT2D eigenvalue weighted by atomic mass is 10.2. The van der Waals surface area contributed by atoms with Gasteiger partial charge in [-0.05, 0) is 18.2 Å². The van der Waals surface area contributed by atoms with Crippen molar-refractivity contribution in [3.63, 3.8) is 0 Å². The number of aromatic nitrogens is 2. The highest BCUT2D eigenvalue weighted by Gasteiger charge is 2.13. The summed E-state index contributed by atoms with van der Waals surface area (Å²) in [6, 6.07) is 5.11. The predicted octanol–water partition coefficient (Wildman–Crippen LogP) is 1.84. The smallest absolute Gasteiger partial charge is 0.320 e. The molecule has 78 valence electrons. The minimum absolute atomic E-state index is 0.532. The third-order valence-electron chi connectivity index (χ3n) is 2.15. The van der Waals surface area contributed by atoms with Gasteiger partial charge >= 0.3 is 6.03 Å². The van der Waals surface area contributed by atoms with E-state index in [1.165, 1.54) is 4.90 Å². The van der Waals surface area contributed by atoms with Crippen LogP contribution in [0.5, 0.6) is 0 Å². The van der Waals surface area contributed by atoms with Crippen molar-refractivity contribution in [3.05, 3.63) is 22.7 Å². The second-order valence-electron chi connectivity index (χ2n) is 3.13. The molecule has 6 heteroatoms. The van der Waals surface area contributed by atoms with Crippen LogP contribution in [0, 0.1) is 0 Å². The number of primary amides is 1. The number of hydrogen-bond acceptors (Lipinski definition) is 2. The number of amides is 2. The lowest BCUT2D eigenvalue weighted by molar-refractivity contribution is 0.255. The van der Waals surface area contributed by atoms with Crippen LogP contribution < -0.4 is 10.6 Å². The van der Waals surface area contributed by atoms with Gasteiger partial charge in [-0.3, -0.25) is 10.00 Å². The van der Waals surface area contributed by atoms with Gasteiger partial charge in [0.25, 0.3) is 0 Å². The molecular formula is C9H9BrN4O. The van der Waals surface area contributed by atoms with Crippen molar-refractivity contribution in [2.24, 2.45) is 5.73 Å². The predicted molar refractivity (Wildman–Crippen MR) is 61.8 cm³/mol. The zero-order valence-corrected chi connectivity index (χ0v) is 9.58. The highest BCUT2D eigenvalue weighted by Crippen LogP contribution is 2.25. The zero-order valence-electron chi connectivity index (χ0n) is 7.99. The summed E-state index contributed by atoms with van der Waals surface area (Å²) in [5.74, 6) is 0.532. The Hall–Kier alpha value is -1.56. The summed E-state index contributed by atoms with van der Waals surface area (Å²) in [7, 11) is 1.58. The molecule has 0 aliphatic carbocycles. The average molecular weight is 269 g/mol. The minimum atomic E-state index is -0.536. The van der Waals surface area contributed by atoms with Crippen LogP contribution in [0.2, 0.25) is 0 Å². The van der Waals surface area contributed by atoms with Crippen molar-refractivity contribution in [2.75, 3.05) is 11.9 Å². The summed E-state index contributed by atoms with van der Waals surface area (Å²) in [5.41, 5.74) is 6.03. The van der Waals surface area contributed by atoms with Crippen LogP contribution in [-0.2, 0) is 0 Å². The molecule has 2 rings (SSSR count). The fraction of sp³-hybridized carbons (Fsp3) is 0.111. The number of nitrogens with zero attached hydrogens (tertiary/aromatic N) is 2. The van der Waals surface area contributed by atoms with E-state index < -0.39 is 6.03 Å². The normalized spacial score (nSPS) is 10.5. The average Bonchev–Trinajstić information content (AvgIpc) is 2.59. The van der Waals surface area contributed by atoms with E-state index in [2.05, 4.69) is 26.1 Å². The molecule has 0 fully saturated rings. The van der Waals surface area contributed by atoms with Gasteiger partial charge in [0.15, 0.2) is 5.82 Å². The maximum atomic E-state index is 11.0. The summed E-state index contributed by atoms with van der Waals surface area (Å²) in [6.45, 7) is 0. The molecule has 0 aliphatic rings. The number of fused-ring (bicyclic) bond motifs is 1. The summed E-state index contributed by atoms with van der Waals surface area (Å²) in [5, 5.41) is 7.73. The number of anilines is 1. The fourth-order valence-corrected chi connectivity index (χ4v) is 1.70. The van der Waals surface area contributed by atoms with Gasteiger partial charge in [-0.25, -0.2) is 4.79 Å². The number of aromatic amines is 1. The highest BCUT2D eigenvalue weighted by atomic mass is 79.9. The molecule has 5 nitrogen and oxygen atoms in total. The number of urea groups is 1. The molecular weight excluding hydrogens is 260 g/mol. The SMILES string of the molecule is CN(C(N)=O)c1n[nH]c2cc(Br)ccc12. The molecule has 0 atom stereocenters. The number of rotatable bonds is 1. The Morgan fingerprint density at radius 2 is 2.33 bits per heavy atom. The lowest BCUT2D eigenvalue weighted by Gasteiger charge is -2.10. The monoisotopic (exact) mass is 268 g/mol. The molecule has 1 heterocycles. The molecule has 1 aromatic heterocycles. The van der Waals surface area contributed by atoms with E-state index in [9.17, 15) is 4.79 Å². The van der Waals surface area contributed by atoms with Crippen molar-refractivity contribution in [1.29, 1.82) is 0 Å². The van der Waals surface area contributed by atoms with Crippen LogP contribution in [0.1, 0.15) is 0 Å². The van der Waals surface area contributed by atoms with E-state index in [1.54, 1.807) is 7.05 Å². The van der Waals surface area contributed by atoms with Gasteiger partial charge in [-0.15, -0.1) is 0 Å². The fourth-order valence-electron chi connectivity index (χ4n) is 1.34. The van der Waals surface area contributed by atoms with Crippen LogP contribution in [0.15, 0.2) is 22.7 Å². The summed E-state index contributed by atoms with van der Waals surface area (Å²) in [6.07, 6.45) is 0. The number of carbonyl (C=O) groups is 1. The van der Waals surface area contributed by atoms with E-state index in [1.807, 2.05) is 18.2 Å². The van der Waals surface area contributed by atoms with E-state index in [-0.39, 0.29) is 0 Å². The van der Waals surface area contributed by atoms with Crippen molar-refractivity contribution in [3.8, 4) is 0 Å². The van der Waals surface area contributed by atoms with Crippen LogP contribution >= 0.6 is 15.9 Å². The van der Waals surface area contributed by atoms with Crippen molar-refractivity contribution in [1.82, 2.24) is 10.2 Å². The Balaban J connectivity index is 2.59. The topological polar surface area (TPSA) is 75.0 Å². The third kappa shape index (κ3) is 1.68. The van der Waals surface area contributed by atoms with Gasteiger partial charge in [0.2, 0.25) is 0 Å². The Morgan fingerprint density at radius 1 is 1.60 bits per heavy atom. The zero-order chi connectivity index (χ0) is 11.0. The van der Waals surface area contributed by atoms with E-state index in [0.717, 1.165) is 15.4 Å². The van der Waals surface area contributed by atoms with Gasteiger partial charge in [-0.2, -0.15) is 5.10 Å². The first-order valence-corrected chi connectivity index (χ1v) is 5.05. The lowest BCUT2D eigenvalue weighted by Crippen LogP contribution is -2.32. The Morgan fingerprint density at radius 3 is 3.00 bits per heavy atom. The quantitative estimate of drug-likeness (QED) is 0.828. The Bertz CT molecular complexity index is 522.